The molecule has 0 radical (unpaired) electrons. The molecule has 0 aliphatic carbocycles. The molecule has 8 nitrogen and oxygen atoms in total. The highest BCUT2D eigenvalue weighted by atomic mass is 35.5. The van der Waals surface area contributed by atoms with E-state index in [2.05, 4.69) is 14.7 Å². The standard InChI is InChI=1S/C15H10ClF3N4O4/c1-22-11(15(17,18)19)5-13(24)23(14(22)25)8-2-3-9(16)10(4-8)26-6-12-20-7-27-21-12/h2-5,7H,6H2,1H3. The Kier molecular flexibility index (Phi) is 4.79. The zero-order valence-corrected chi connectivity index (χ0v) is 14.3. The summed E-state index contributed by atoms with van der Waals surface area (Å²) in [5, 5.41) is 3.70. The predicted octanol–water partition coefficient (Wildman–Crippen LogP) is 2.17. The minimum absolute atomic E-state index is 0.0122. The molecule has 0 unspecified atom stereocenters. The van der Waals surface area contributed by atoms with Crippen LogP contribution in [0.4, 0.5) is 13.2 Å². The van der Waals surface area contributed by atoms with Gasteiger partial charge in [0.1, 0.15) is 11.4 Å². The second kappa shape index (κ2) is 6.91. The number of nitrogens with zero attached hydrogens (tertiary/aromatic N) is 4. The van der Waals surface area contributed by atoms with E-state index in [9.17, 15) is 22.8 Å². The number of ether oxygens (including phenoxy) is 1. The average Bonchev–Trinajstić information content (AvgIpc) is 3.11. The third-order valence-corrected chi connectivity index (χ3v) is 3.86. The predicted molar refractivity (Wildman–Crippen MR) is 85.9 cm³/mol. The van der Waals surface area contributed by atoms with Gasteiger partial charge in [0.25, 0.3) is 5.56 Å². The maximum Gasteiger partial charge on any atom is 0.431 e. The van der Waals surface area contributed by atoms with Gasteiger partial charge in [0.05, 0.1) is 10.7 Å². The molecule has 3 aromatic rings. The van der Waals surface area contributed by atoms with Gasteiger partial charge in [-0.25, -0.2) is 9.36 Å². The van der Waals surface area contributed by atoms with Crippen LogP contribution in [-0.2, 0) is 19.8 Å². The lowest BCUT2D eigenvalue weighted by atomic mass is 10.3. The van der Waals surface area contributed by atoms with Gasteiger partial charge in [-0.15, -0.1) is 0 Å². The van der Waals surface area contributed by atoms with Gasteiger partial charge in [-0.3, -0.25) is 9.36 Å². The van der Waals surface area contributed by atoms with Crippen LogP contribution < -0.4 is 16.0 Å². The average molecular weight is 403 g/mol. The summed E-state index contributed by atoms with van der Waals surface area (Å²) in [5.74, 6) is 0.298. The van der Waals surface area contributed by atoms with Gasteiger partial charge >= 0.3 is 11.9 Å². The molecule has 27 heavy (non-hydrogen) atoms. The fourth-order valence-corrected chi connectivity index (χ4v) is 2.45. The minimum atomic E-state index is -4.84. The third-order valence-electron chi connectivity index (χ3n) is 3.55. The monoisotopic (exact) mass is 402 g/mol. The Labute approximate surface area is 153 Å². The molecule has 0 saturated carbocycles. The highest BCUT2D eigenvalue weighted by Crippen LogP contribution is 2.28. The number of rotatable bonds is 4. The summed E-state index contributed by atoms with van der Waals surface area (Å²) in [5.41, 5.74) is -3.67. The van der Waals surface area contributed by atoms with Crippen molar-refractivity contribution in [1.82, 2.24) is 19.3 Å². The van der Waals surface area contributed by atoms with Crippen LogP contribution >= 0.6 is 11.6 Å². The molecule has 12 heteroatoms. The van der Waals surface area contributed by atoms with Crippen LogP contribution in [0.5, 0.6) is 5.75 Å². The summed E-state index contributed by atoms with van der Waals surface area (Å²) in [7, 11) is 0.921. The molecule has 2 heterocycles. The zero-order valence-electron chi connectivity index (χ0n) is 13.5. The summed E-state index contributed by atoms with van der Waals surface area (Å²) < 4.78 is 49.7. The Bertz CT molecular complexity index is 1090. The SMILES string of the molecule is Cn1c(C(F)(F)F)cc(=O)n(-c2ccc(Cl)c(OCc3ncon3)c2)c1=O. The van der Waals surface area contributed by atoms with Gasteiger partial charge in [-0.05, 0) is 12.1 Å². The third kappa shape index (κ3) is 3.72. The first-order valence-electron chi connectivity index (χ1n) is 7.26. The van der Waals surface area contributed by atoms with Crippen LogP contribution in [0.2, 0.25) is 5.02 Å². The van der Waals surface area contributed by atoms with E-state index in [0.717, 1.165) is 13.4 Å². The lowest BCUT2D eigenvalue weighted by molar-refractivity contribution is -0.144. The molecule has 0 aliphatic rings. The molecule has 0 spiro atoms. The van der Waals surface area contributed by atoms with Gasteiger partial charge in [0, 0.05) is 19.2 Å². The smallest absolute Gasteiger partial charge is 0.431 e. The van der Waals surface area contributed by atoms with Crippen LogP contribution in [0.25, 0.3) is 5.69 Å². The van der Waals surface area contributed by atoms with E-state index < -0.39 is 23.1 Å². The van der Waals surface area contributed by atoms with Crippen molar-refractivity contribution in [3.8, 4) is 11.4 Å². The highest BCUT2D eigenvalue weighted by molar-refractivity contribution is 6.32. The maximum atomic E-state index is 12.9. The molecule has 0 aliphatic heterocycles. The summed E-state index contributed by atoms with van der Waals surface area (Å²) in [6.07, 6.45) is -3.74. The van der Waals surface area contributed by atoms with Crippen molar-refractivity contribution in [2.75, 3.05) is 0 Å². The molecule has 3 rings (SSSR count). The van der Waals surface area contributed by atoms with Crippen LogP contribution in [0.1, 0.15) is 11.5 Å². The first-order chi connectivity index (χ1) is 12.7. The first-order valence-corrected chi connectivity index (χ1v) is 7.64. The molecular formula is C15H10ClF3N4O4. The van der Waals surface area contributed by atoms with E-state index in [1.165, 1.54) is 18.2 Å². The van der Waals surface area contributed by atoms with Crippen molar-refractivity contribution in [3.05, 3.63) is 68.0 Å². The maximum absolute atomic E-state index is 12.9. The molecule has 0 fully saturated rings. The van der Waals surface area contributed by atoms with Crippen molar-refractivity contribution in [3.63, 3.8) is 0 Å². The lowest BCUT2D eigenvalue weighted by Gasteiger charge is -2.14. The fraction of sp³-hybridized carbons (Fsp3) is 0.200. The fourth-order valence-electron chi connectivity index (χ4n) is 2.28. The zero-order chi connectivity index (χ0) is 19.8. The van der Waals surface area contributed by atoms with Gasteiger partial charge < -0.3 is 9.26 Å². The molecule has 0 saturated heterocycles. The van der Waals surface area contributed by atoms with Gasteiger partial charge in [-0.1, -0.05) is 16.8 Å². The van der Waals surface area contributed by atoms with Crippen molar-refractivity contribution in [2.45, 2.75) is 12.8 Å². The second-order valence-corrected chi connectivity index (χ2v) is 5.70. The molecular weight excluding hydrogens is 393 g/mol. The molecule has 0 amide bonds. The summed E-state index contributed by atoms with van der Waals surface area (Å²) in [6.45, 7) is -0.112. The molecule has 0 bridgehead atoms. The van der Waals surface area contributed by atoms with E-state index in [1.54, 1.807) is 0 Å². The summed E-state index contributed by atoms with van der Waals surface area (Å²) in [4.78, 5) is 28.2. The van der Waals surface area contributed by atoms with E-state index in [-0.39, 0.29) is 28.9 Å². The lowest BCUT2D eigenvalue weighted by Crippen LogP contribution is -2.40. The molecule has 2 aromatic heterocycles. The molecule has 0 N–H and O–H groups in total. The van der Waals surface area contributed by atoms with Crippen molar-refractivity contribution >= 4 is 11.6 Å². The number of benzene rings is 1. The number of aromatic nitrogens is 4. The van der Waals surface area contributed by atoms with Crippen molar-refractivity contribution < 1.29 is 22.4 Å². The van der Waals surface area contributed by atoms with E-state index >= 15 is 0 Å². The quantitative estimate of drug-likeness (QED) is 0.664. The summed E-state index contributed by atoms with van der Waals surface area (Å²) >= 11 is 6.01. The minimum Gasteiger partial charge on any atom is -0.484 e. The Hall–Kier alpha value is -3.08. The highest BCUT2D eigenvalue weighted by Gasteiger charge is 2.35. The van der Waals surface area contributed by atoms with Gasteiger partial charge in [-0.2, -0.15) is 18.2 Å². The number of hydrogen-bond acceptors (Lipinski definition) is 6. The Morgan fingerprint density at radius 3 is 2.63 bits per heavy atom. The number of alkyl halides is 3. The van der Waals surface area contributed by atoms with E-state index in [4.69, 9.17) is 16.3 Å². The van der Waals surface area contributed by atoms with Crippen molar-refractivity contribution in [2.24, 2.45) is 7.05 Å². The molecule has 142 valence electrons. The van der Waals surface area contributed by atoms with Gasteiger partial charge in [0.15, 0.2) is 6.61 Å². The van der Waals surface area contributed by atoms with E-state index in [0.29, 0.717) is 15.2 Å². The van der Waals surface area contributed by atoms with E-state index in [1.807, 2.05) is 0 Å². The van der Waals surface area contributed by atoms with Crippen LogP contribution in [-0.4, -0.2) is 19.3 Å². The topological polar surface area (TPSA) is 92.2 Å². The van der Waals surface area contributed by atoms with Crippen LogP contribution in [0.3, 0.4) is 0 Å². The van der Waals surface area contributed by atoms with Crippen LogP contribution in [0.15, 0.2) is 44.8 Å². The Morgan fingerprint density at radius 2 is 2.00 bits per heavy atom. The summed E-state index contributed by atoms with van der Waals surface area (Å²) in [6, 6.07) is 4.24. The van der Waals surface area contributed by atoms with Crippen LogP contribution in [0, 0.1) is 0 Å². The molecule has 1 aromatic carbocycles. The first kappa shape index (κ1) is 18.7. The number of halogens is 4. The van der Waals surface area contributed by atoms with Gasteiger partial charge in [0.2, 0.25) is 12.2 Å². The largest absolute Gasteiger partial charge is 0.484 e. The number of hydrogen-bond donors (Lipinski definition) is 0. The second-order valence-electron chi connectivity index (χ2n) is 5.29. The van der Waals surface area contributed by atoms with Crippen molar-refractivity contribution in [1.29, 1.82) is 0 Å². The molecule has 0 atom stereocenters. The Balaban J connectivity index is 2.04. The normalized spacial score (nSPS) is 11.6. The Morgan fingerprint density at radius 1 is 1.26 bits per heavy atom.